The Labute approximate surface area is 113 Å². The molecule has 0 aliphatic rings. The van der Waals surface area contributed by atoms with Gasteiger partial charge in [0.2, 0.25) is 0 Å². The lowest BCUT2D eigenvalue weighted by Crippen LogP contribution is -2.16. The molecule has 18 heavy (non-hydrogen) atoms. The summed E-state index contributed by atoms with van der Waals surface area (Å²) >= 11 is 0. The second kappa shape index (κ2) is 6.38. The van der Waals surface area contributed by atoms with Crippen LogP contribution in [-0.2, 0) is 5.41 Å². The van der Waals surface area contributed by atoms with Crippen molar-refractivity contribution in [3.05, 3.63) is 35.4 Å². The highest BCUT2D eigenvalue weighted by molar-refractivity contribution is 5.29. The van der Waals surface area contributed by atoms with Gasteiger partial charge in [0.05, 0.1) is 0 Å². The maximum absolute atomic E-state index is 5.85. The quantitative estimate of drug-likeness (QED) is 0.808. The Kier molecular flexibility index (Phi) is 5.40. The van der Waals surface area contributed by atoms with Crippen LogP contribution in [0.2, 0.25) is 0 Å². The Hall–Kier alpha value is -0.820. The third-order valence-corrected chi connectivity index (χ3v) is 3.71. The van der Waals surface area contributed by atoms with Crippen molar-refractivity contribution in [1.29, 1.82) is 0 Å². The van der Waals surface area contributed by atoms with Crippen LogP contribution in [0.15, 0.2) is 24.3 Å². The lowest BCUT2D eigenvalue weighted by molar-refractivity contribution is 0.531. The molecule has 2 atom stereocenters. The van der Waals surface area contributed by atoms with E-state index < -0.39 is 0 Å². The molecule has 0 radical (unpaired) electrons. The Bertz CT molecular complexity index is 343. The van der Waals surface area contributed by atoms with Gasteiger partial charge < -0.3 is 5.73 Å². The fourth-order valence-electron chi connectivity index (χ4n) is 2.33. The van der Waals surface area contributed by atoms with E-state index in [0.717, 1.165) is 6.42 Å². The van der Waals surface area contributed by atoms with E-state index in [9.17, 15) is 0 Å². The second-order valence-electron chi connectivity index (χ2n) is 6.53. The molecule has 2 N–H and O–H groups in total. The van der Waals surface area contributed by atoms with Crippen molar-refractivity contribution in [2.24, 2.45) is 5.73 Å². The molecule has 1 nitrogen and oxygen atoms in total. The molecule has 0 saturated heterocycles. The first-order chi connectivity index (χ1) is 8.34. The molecule has 1 aromatic rings. The van der Waals surface area contributed by atoms with Crippen molar-refractivity contribution in [3.63, 3.8) is 0 Å². The molecule has 1 aromatic carbocycles. The summed E-state index contributed by atoms with van der Waals surface area (Å²) in [7, 11) is 0. The molecule has 2 unspecified atom stereocenters. The minimum atomic E-state index is 0.242. The van der Waals surface area contributed by atoms with E-state index in [0.29, 0.717) is 12.0 Å². The average Bonchev–Trinajstić information content (AvgIpc) is 2.29. The van der Waals surface area contributed by atoms with Gasteiger partial charge in [-0.15, -0.1) is 0 Å². The highest BCUT2D eigenvalue weighted by Crippen LogP contribution is 2.28. The number of hydrogen-bond acceptors (Lipinski definition) is 1. The summed E-state index contributed by atoms with van der Waals surface area (Å²) in [6.45, 7) is 11.1. The molecule has 1 rings (SSSR count). The second-order valence-corrected chi connectivity index (χ2v) is 6.53. The van der Waals surface area contributed by atoms with Crippen LogP contribution < -0.4 is 5.73 Å². The average molecular weight is 247 g/mol. The zero-order valence-electron chi connectivity index (χ0n) is 12.7. The third-order valence-electron chi connectivity index (χ3n) is 3.71. The summed E-state index contributed by atoms with van der Waals surface area (Å²) < 4.78 is 0. The minimum absolute atomic E-state index is 0.242. The summed E-state index contributed by atoms with van der Waals surface area (Å²) in [6, 6.07) is 9.48. The van der Waals surface area contributed by atoms with Crippen molar-refractivity contribution in [1.82, 2.24) is 0 Å². The summed E-state index contributed by atoms with van der Waals surface area (Å²) in [4.78, 5) is 0. The topological polar surface area (TPSA) is 26.0 Å². The van der Waals surface area contributed by atoms with Crippen LogP contribution in [0, 0.1) is 0 Å². The number of benzene rings is 1. The number of rotatable bonds is 5. The zero-order chi connectivity index (χ0) is 13.8. The first-order valence-corrected chi connectivity index (χ1v) is 7.20. The van der Waals surface area contributed by atoms with Gasteiger partial charge >= 0.3 is 0 Å². The van der Waals surface area contributed by atoms with Crippen molar-refractivity contribution >= 4 is 0 Å². The minimum Gasteiger partial charge on any atom is -0.328 e. The Morgan fingerprint density at radius 2 is 1.61 bits per heavy atom. The van der Waals surface area contributed by atoms with Gasteiger partial charge in [0.25, 0.3) is 0 Å². The first-order valence-electron chi connectivity index (χ1n) is 7.20. The van der Waals surface area contributed by atoms with Crippen LogP contribution in [0.5, 0.6) is 0 Å². The highest BCUT2D eigenvalue weighted by Gasteiger charge is 2.15. The third kappa shape index (κ3) is 4.45. The van der Waals surface area contributed by atoms with Crippen molar-refractivity contribution in [2.45, 2.75) is 71.3 Å². The molecular formula is C17H29N. The first kappa shape index (κ1) is 15.2. The Balaban J connectivity index is 2.76. The van der Waals surface area contributed by atoms with Gasteiger partial charge in [-0.2, -0.15) is 0 Å². The van der Waals surface area contributed by atoms with Crippen LogP contribution in [0.3, 0.4) is 0 Å². The lowest BCUT2D eigenvalue weighted by atomic mass is 9.84. The molecular weight excluding hydrogens is 218 g/mol. The Morgan fingerprint density at radius 3 is 2.00 bits per heavy atom. The van der Waals surface area contributed by atoms with Gasteiger partial charge in [0.15, 0.2) is 0 Å². The van der Waals surface area contributed by atoms with Crippen molar-refractivity contribution in [2.75, 3.05) is 0 Å². The summed E-state index contributed by atoms with van der Waals surface area (Å²) in [5.41, 5.74) is 8.97. The zero-order valence-corrected chi connectivity index (χ0v) is 12.7. The highest BCUT2D eigenvalue weighted by atomic mass is 14.6. The van der Waals surface area contributed by atoms with Gasteiger partial charge in [-0.05, 0) is 48.6 Å². The van der Waals surface area contributed by atoms with Crippen LogP contribution >= 0.6 is 0 Å². The smallest absolute Gasteiger partial charge is 0.00106 e. The normalized spacial score (nSPS) is 15.4. The maximum atomic E-state index is 5.85. The van der Waals surface area contributed by atoms with Crippen LogP contribution in [0.1, 0.15) is 70.9 Å². The molecule has 0 saturated carbocycles. The van der Waals surface area contributed by atoms with Crippen LogP contribution in [-0.4, -0.2) is 6.04 Å². The van der Waals surface area contributed by atoms with Crippen LogP contribution in [0.25, 0.3) is 0 Å². The molecule has 0 bridgehead atoms. The number of hydrogen-bond donors (Lipinski definition) is 1. The largest absolute Gasteiger partial charge is 0.328 e. The standard InChI is InChI=1S/C17H29N/c1-6-14(8-7-13(2)18)15-9-11-16(12-10-15)17(3,4)5/h9-14H,6-8,18H2,1-5H3. The van der Waals surface area contributed by atoms with E-state index in [1.54, 1.807) is 0 Å². The van der Waals surface area contributed by atoms with Gasteiger partial charge in [-0.3, -0.25) is 0 Å². The van der Waals surface area contributed by atoms with Crippen molar-refractivity contribution < 1.29 is 0 Å². The molecule has 0 amide bonds. The molecule has 1 heteroatoms. The fourth-order valence-corrected chi connectivity index (χ4v) is 2.33. The fraction of sp³-hybridized carbons (Fsp3) is 0.647. The van der Waals surface area contributed by atoms with Gasteiger partial charge in [-0.1, -0.05) is 52.0 Å². The molecule has 0 aliphatic carbocycles. The van der Waals surface area contributed by atoms with E-state index in [-0.39, 0.29) is 5.41 Å². The molecule has 0 aromatic heterocycles. The van der Waals surface area contributed by atoms with Crippen molar-refractivity contribution in [3.8, 4) is 0 Å². The molecule has 0 spiro atoms. The number of nitrogens with two attached hydrogens (primary N) is 1. The predicted molar refractivity (Wildman–Crippen MR) is 81.1 cm³/mol. The van der Waals surface area contributed by atoms with Gasteiger partial charge in [-0.25, -0.2) is 0 Å². The summed E-state index contributed by atoms with van der Waals surface area (Å²) in [5, 5.41) is 0. The summed E-state index contributed by atoms with van der Waals surface area (Å²) in [5.74, 6) is 0.657. The molecule has 0 aliphatic heterocycles. The van der Waals surface area contributed by atoms with E-state index in [2.05, 4.69) is 58.9 Å². The Morgan fingerprint density at radius 1 is 1.06 bits per heavy atom. The lowest BCUT2D eigenvalue weighted by Gasteiger charge is -2.21. The molecule has 0 heterocycles. The van der Waals surface area contributed by atoms with Gasteiger partial charge in [0.1, 0.15) is 0 Å². The van der Waals surface area contributed by atoms with E-state index in [4.69, 9.17) is 5.73 Å². The van der Waals surface area contributed by atoms with Gasteiger partial charge in [0, 0.05) is 6.04 Å². The summed E-state index contributed by atoms with van der Waals surface area (Å²) in [6.07, 6.45) is 3.50. The van der Waals surface area contributed by atoms with E-state index >= 15 is 0 Å². The van der Waals surface area contributed by atoms with E-state index in [1.807, 2.05) is 0 Å². The predicted octanol–water partition coefficient (Wildman–Crippen LogP) is 4.61. The maximum Gasteiger partial charge on any atom is 0.00106 e. The molecule has 0 fully saturated rings. The van der Waals surface area contributed by atoms with E-state index in [1.165, 1.54) is 24.0 Å². The monoisotopic (exact) mass is 247 g/mol. The van der Waals surface area contributed by atoms with Crippen LogP contribution in [0.4, 0.5) is 0 Å². The SMILES string of the molecule is CCC(CCC(C)N)c1ccc(C(C)(C)C)cc1. The molecule has 102 valence electrons.